The van der Waals surface area contributed by atoms with Crippen molar-refractivity contribution in [2.75, 3.05) is 19.8 Å². The Hall–Kier alpha value is -3.85. The summed E-state index contributed by atoms with van der Waals surface area (Å²) in [4.78, 5) is 21.5. The normalized spacial score (nSPS) is 20.4. The zero-order valence-electron chi connectivity index (χ0n) is 20.7. The molecule has 10 nitrogen and oxygen atoms in total. The van der Waals surface area contributed by atoms with Crippen molar-refractivity contribution >= 4 is 11.8 Å². The van der Waals surface area contributed by atoms with Crippen LogP contribution in [-0.2, 0) is 16.1 Å². The summed E-state index contributed by atoms with van der Waals surface area (Å²) in [5.41, 5.74) is 15.6. The maximum atomic E-state index is 13.7. The molecule has 0 radical (unpaired) electrons. The lowest BCUT2D eigenvalue weighted by Gasteiger charge is -2.30. The average molecular weight is 505 g/mol. The highest BCUT2D eigenvalue weighted by Crippen LogP contribution is 2.44. The van der Waals surface area contributed by atoms with Crippen molar-refractivity contribution in [2.24, 2.45) is 16.0 Å². The van der Waals surface area contributed by atoms with E-state index in [1.165, 1.54) is 0 Å². The quantitative estimate of drug-likeness (QED) is 0.0886. The Kier molecular flexibility index (Phi) is 8.79. The van der Waals surface area contributed by atoms with E-state index in [9.17, 15) is 4.79 Å². The van der Waals surface area contributed by atoms with Gasteiger partial charge in [-0.25, -0.2) is 10.4 Å². The van der Waals surface area contributed by atoms with Gasteiger partial charge in [0.25, 0.3) is 5.91 Å². The van der Waals surface area contributed by atoms with Gasteiger partial charge in [-0.1, -0.05) is 35.5 Å². The van der Waals surface area contributed by atoms with E-state index in [0.29, 0.717) is 42.7 Å². The van der Waals surface area contributed by atoms with Gasteiger partial charge in [0.05, 0.1) is 13.2 Å². The van der Waals surface area contributed by atoms with Crippen LogP contribution in [0, 0.1) is 5.92 Å². The molecule has 1 aliphatic carbocycles. The van der Waals surface area contributed by atoms with Gasteiger partial charge in [0.15, 0.2) is 11.6 Å². The van der Waals surface area contributed by atoms with Gasteiger partial charge in [-0.3, -0.25) is 10.2 Å². The van der Waals surface area contributed by atoms with Crippen LogP contribution in [0.3, 0.4) is 0 Å². The van der Waals surface area contributed by atoms with Crippen LogP contribution in [0.4, 0.5) is 0 Å². The van der Waals surface area contributed by atoms with E-state index >= 15 is 0 Å². The van der Waals surface area contributed by atoms with E-state index in [4.69, 9.17) is 25.1 Å². The molecule has 37 heavy (non-hydrogen) atoms. The monoisotopic (exact) mass is 504 g/mol. The number of nitrogens with zero attached hydrogens (tertiary/aromatic N) is 4. The molecule has 1 amide bonds. The molecule has 0 saturated heterocycles. The fourth-order valence-corrected chi connectivity index (χ4v) is 4.26. The Bertz CT molecular complexity index is 1170. The zero-order valence-corrected chi connectivity index (χ0v) is 20.7. The number of nitrogens with one attached hydrogen (secondary N) is 2. The standard InChI is InChI=1S/C27H32N6O4/c1-2-14-27(26(35)32-29-17-19-8-9-19)24(23-7-4-3-6-21(23)18-30-33-28)37-25(31-27)20-10-12-22(13-11-20)36-16-5-15-34/h2-4,6-7,10-13,19,24,29,34H,1,5,8-9,14-18H2,(H,32,35)/t24-,27-/m0/s1. The number of rotatable bonds is 14. The van der Waals surface area contributed by atoms with Gasteiger partial charge in [0.2, 0.25) is 5.90 Å². The third-order valence-electron chi connectivity index (χ3n) is 6.42. The molecular weight excluding hydrogens is 472 g/mol. The molecule has 3 N–H and O–H groups in total. The number of aliphatic imine (C=N–C) groups is 1. The SMILES string of the molecule is C=CC[C@]1(C(=O)NNCC2CC2)N=C(c2ccc(OCCCO)cc2)O[C@H]1c1ccccc1CN=[N+]=[N-]. The van der Waals surface area contributed by atoms with Crippen LogP contribution in [0.1, 0.15) is 48.5 Å². The Morgan fingerprint density at radius 1 is 1.30 bits per heavy atom. The first-order chi connectivity index (χ1) is 18.1. The lowest BCUT2D eigenvalue weighted by atomic mass is 9.83. The molecule has 0 unspecified atom stereocenters. The summed E-state index contributed by atoms with van der Waals surface area (Å²) >= 11 is 0. The van der Waals surface area contributed by atoms with Crippen molar-refractivity contribution in [1.82, 2.24) is 10.9 Å². The molecular formula is C27H32N6O4. The van der Waals surface area contributed by atoms with Gasteiger partial charge < -0.3 is 14.6 Å². The van der Waals surface area contributed by atoms with Gasteiger partial charge in [0.1, 0.15) is 5.75 Å². The Morgan fingerprint density at radius 2 is 2.08 bits per heavy atom. The number of carbonyl (C=O) groups is 1. The molecule has 1 fully saturated rings. The zero-order chi connectivity index (χ0) is 26.1. The highest BCUT2D eigenvalue weighted by atomic mass is 16.5. The molecule has 0 aromatic heterocycles. The van der Waals surface area contributed by atoms with Crippen LogP contribution in [0.25, 0.3) is 10.4 Å². The molecule has 1 saturated carbocycles. The number of benzene rings is 2. The second kappa shape index (κ2) is 12.4. The fourth-order valence-electron chi connectivity index (χ4n) is 4.26. The summed E-state index contributed by atoms with van der Waals surface area (Å²) in [5, 5.41) is 12.7. The Balaban J connectivity index is 1.68. The summed E-state index contributed by atoms with van der Waals surface area (Å²) < 4.78 is 12.1. The van der Waals surface area contributed by atoms with Crippen LogP contribution in [0.2, 0.25) is 0 Å². The molecule has 2 atom stereocenters. The van der Waals surface area contributed by atoms with Crippen molar-refractivity contribution in [3.05, 3.63) is 88.3 Å². The lowest BCUT2D eigenvalue weighted by molar-refractivity contribution is -0.129. The molecule has 0 spiro atoms. The second-order valence-electron chi connectivity index (χ2n) is 9.15. The van der Waals surface area contributed by atoms with Crippen LogP contribution in [0.5, 0.6) is 5.75 Å². The van der Waals surface area contributed by atoms with Crippen molar-refractivity contribution in [3.63, 3.8) is 0 Å². The van der Waals surface area contributed by atoms with Gasteiger partial charge in [0, 0.05) is 36.5 Å². The predicted octanol–water partition coefficient (Wildman–Crippen LogP) is 4.12. The molecule has 0 bridgehead atoms. The maximum Gasteiger partial charge on any atom is 0.266 e. The molecule has 2 aromatic carbocycles. The summed E-state index contributed by atoms with van der Waals surface area (Å²) in [5.74, 6) is 1.24. The number of hydrogen-bond donors (Lipinski definition) is 3. The summed E-state index contributed by atoms with van der Waals surface area (Å²) in [6.07, 6.45) is 3.98. The third-order valence-corrected chi connectivity index (χ3v) is 6.42. The highest BCUT2D eigenvalue weighted by Gasteiger charge is 2.53. The Labute approximate surface area is 216 Å². The summed E-state index contributed by atoms with van der Waals surface area (Å²) in [6.45, 7) is 5.18. The molecule has 194 valence electrons. The Morgan fingerprint density at radius 3 is 2.78 bits per heavy atom. The minimum Gasteiger partial charge on any atom is -0.494 e. The maximum absolute atomic E-state index is 13.7. The molecule has 10 heteroatoms. The minimum atomic E-state index is -1.32. The fraction of sp³-hybridized carbons (Fsp3) is 0.407. The number of azide groups is 1. The van der Waals surface area contributed by atoms with E-state index in [-0.39, 0.29) is 25.5 Å². The lowest BCUT2D eigenvalue weighted by Crippen LogP contribution is -2.53. The molecule has 2 aromatic rings. The van der Waals surface area contributed by atoms with Crippen LogP contribution in [-0.4, -0.2) is 42.2 Å². The van der Waals surface area contributed by atoms with Crippen LogP contribution < -0.4 is 15.6 Å². The van der Waals surface area contributed by atoms with E-state index < -0.39 is 11.6 Å². The molecule has 2 aliphatic rings. The smallest absolute Gasteiger partial charge is 0.266 e. The minimum absolute atomic E-state index is 0.0637. The number of hydrogen-bond acceptors (Lipinski definition) is 7. The van der Waals surface area contributed by atoms with Crippen molar-refractivity contribution < 1.29 is 19.4 Å². The number of ether oxygens (including phenoxy) is 2. The van der Waals surface area contributed by atoms with Gasteiger partial charge in [-0.15, -0.1) is 6.58 Å². The number of carbonyl (C=O) groups excluding carboxylic acids is 1. The molecule has 1 heterocycles. The van der Waals surface area contributed by atoms with Gasteiger partial charge in [-0.2, -0.15) is 0 Å². The van der Waals surface area contributed by atoms with E-state index in [0.717, 1.165) is 24.0 Å². The first kappa shape index (κ1) is 26.2. The number of aliphatic hydroxyl groups is 1. The third kappa shape index (κ3) is 6.29. The second-order valence-corrected chi connectivity index (χ2v) is 9.15. The number of amides is 1. The van der Waals surface area contributed by atoms with Crippen LogP contribution >= 0.6 is 0 Å². The van der Waals surface area contributed by atoms with E-state index in [1.54, 1.807) is 18.2 Å². The van der Waals surface area contributed by atoms with Crippen LogP contribution in [0.15, 0.2) is 71.3 Å². The first-order valence-corrected chi connectivity index (χ1v) is 12.4. The summed E-state index contributed by atoms with van der Waals surface area (Å²) in [6, 6.07) is 14.7. The summed E-state index contributed by atoms with van der Waals surface area (Å²) in [7, 11) is 0. The number of aliphatic hydroxyl groups excluding tert-OH is 1. The molecule has 1 aliphatic heterocycles. The average Bonchev–Trinajstić information content (AvgIpc) is 3.67. The van der Waals surface area contributed by atoms with Gasteiger partial charge >= 0.3 is 0 Å². The molecule has 4 rings (SSSR count). The van der Waals surface area contributed by atoms with Gasteiger partial charge in [-0.05, 0) is 59.7 Å². The van der Waals surface area contributed by atoms with Crippen molar-refractivity contribution in [2.45, 2.75) is 43.9 Å². The number of hydrazine groups is 1. The topological polar surface area (TPSA) is 141 Å². The van der Waals surface area contributed by atoms with E-state index in [1.807, 2.05) is 36.4 Å². The first-order valence-electron chi connectivity index (χ1n) is 12.4. The van der Waals surface area contributed by atoms with Crippen molar-refractivity contribution in [3.8, 4) is 5.75 Å². The van der Waals surface area contributed by atoms with Crippen molar-refractivity contribution in [1.29, 1.82) is 0 Å². The largest absolute Gasteiger partial charge is 0.494 e. The highest BCUT2D eigenvalue weighted by molar-refractivity contribution is 6.01. The predicted molar refractivity (Wildman–Crippen MR) is 140 cm³/mol. The van der Waals surface area contributed by atoms with E-state index in [2.05, 4.69) is 27.5 Å².